The van der Waals surface area contributed by atoms with E-state index in [0.717, 1.165) is 17.1 Å². The normalized spacial score (nSPS) is 12.8. The molecular formula is C14H13N3O4. The molecule has 7 nitrogen and oxygen atoms in total. The zero-order valence-electron chi connectivity index (χ0n) is 11.1. The number of aromatic carboxylic acids is 1. The Morgan fingerprint density at radius 1 is 1.19 bits per heavy atom. The van der Waals surface area contributed by atoms with Gasteiger partial charge in [-0.25, -0.2) is 14.8 Å². The van der Waals surface area contributed by atoms with E-state index in [2.05, 4.69) is 15.3 Å². The van der Waals surface area contributed by atoms with Crippen molar-refractivity contribution in [3.05, 3.63) is 41.9 Å². The summed E-state index contributed by atoms with van der Waals surface area (Å²) in [5.41, 5.74) is 0.920. The van der Waals surface area contributed by atoms with Gasteiger partial charge in [0.15, 0.2) is 17.2 Å². The highest BCUT2D eigenvalue weighted by atomic mass is 16.6. The number of hydrogen-bond acceptors (Lipinski definition) is 6. The van der Waals surface area contributed by atoms with E-state index in [1.54, 1.807) is 0 Å². The molecule has 0 amide bonds. The van der Waals surface area contributed by atoms with Gasteiger partial charge in [-0.1, -0.05) is 6.07 Å². The fourth-order valence-electron chi connectivity index (χ4n) is 1.92. The van der Waals surface area contributed by atoms with Crippen LogP contribution in [0.5, 0.6) is 11.5 Å². The molecule has 0 bridgehead atoms. The van der Waals surface area contributed by atoms with Crippen LogP contribution in [0.25, 0.3) is 0 Å². The lowest BCUT2D eigenvalue weighted by Gasteiger charge is -2.19. The SMILES string of the molecule is O=C(O)c1cnc(NCc2ccc3c(c2)OCCO3)cn1. The van der Waals surface area contributed by atoms with Crippen LogP contribution in [0.2, 0.25) is 0 Å². The first kappa shape index (κ1) is 13.2. The van der Waals surface area contributed by atoms with Gasteiger partial charge in [0.1, 0.15) is 19.0 Å². The summed E-state index contributed by atoms with van der Waals surface area (Å²) in [7, 11) is 0. The topological polar surface area (TPSA) is 93.6 Å². The molecule has 0 saturated carbocycles. The first-order valence-electron chi connectivity index (χ1n) is 6.40. The number of anilines is 1. The van der Waals surface area contributed by atoms with Gasteiger partial charge in [0.2, 0.25) is 0 Å². The van der Waals surface area contributed by atoms with Crippen molar-refractivity contribution in [2.24, 2.45) is 0 Å². The highest BCUT2D eigenvalue weighted by Gasteiger charge is 2.11. The summed E-state index contributed by atoms with van der Waals surface area (Å²) in [6.45, 7) is 1.64. The number of hydrogen-bond donors (Lipinski definition) is 2. The molecule has 0 radical (unpaired) electrons. The van der Waals surface area contributed by atoms with E-state index in [1.807, 2.05) is 18.2 Å². The number of benzene rings is 1. The molecule has 0 aliphatic carbocycles. The van der Waals surface area contributed by atoms with Crippen molar-refractivity contribution < 1.29 is 19.4 Å². The summed E-state index contributed by atoms with van der Waals surface area (Å²) in [4.78, 5) is 18.5. The summed E-state index contributed by atoms with van der Waals surface area (Å²) in [6, 6.07) is 5.70. The van der Waals surface area contributed by atoms with Crippen LogP contribution in [0.15, 0.2) is 30.6 Å². The van der Waals surface area contributed by atoms with E-state index in [9.17, 15) is 4.79 Å². The Labute approximate surface area is 120 Å². The van der Waals surface area contributed by atoms with Gasteiger partial charge in [0.05, 0.1) is 12.4 Å². The Morgan fingerprint density at radius 3 is 2.71 bits per heavy atom. The zero-order chi connectivity index (χ0) is 14.7. The van der Waals surface area contributed by atoms with Crippen LogP contribution in [0, 0.1) is 0 Å². The van der Waals surface area contributed by atoms with Crippen LogP contribution < -0.4 is 14.8 Å². The lowest BCUT2D eigenvalue weighted by molar-refractivity contribution is 0.0690. The number of nitrogens with one attached hydrogen (secondary N) is 1. The third kappa shape index (κ3) is 3.02. The van der Waals surface area contributed by atoms with Gasteiger partial charge in [-0.3, -0.25) is 0 Å². The number of fused-ring (bicyclic) bond motifs is 1. The second-order valence-corrected chi connectivity index (χ2v) is 4.42. The molecule has 0 spiro atoms. The van der Waals surface area contributed by atoms with Crippen molar-refractivity contribution in [3.8, 4) is 11.5 Å². The minimum atomic E-state index is -1.10. The van der Waals surface area contributed by atoms with Gasteiger partial charge < -0.3 is 19.9 Å². The number of carbonyl (C=O) groups is 1. The van der Waals surface area contributed by atoms with Crippen molar-refractivity contribution in [3.63, 3.8) is 0 Å². The van der Waals surface area contributed by atoms with E-state index >= 15 is 0 Å². The first-order valence-corrected chi connectivity index (χ1v) is 6.40. The predicted octanol–water partition coefficient (Wildman–Crippen LogP) is 1.56. The Kier molecular flexibility index (Phi) is 3.55. The lowest BCUT2D eigenvalue weighted by Crippen LogP contribution is -2.15. The maximum absolute atomic E-state index is 10.7. The number of nitrogens with zero attached hydrogens (tertiary/aromatic N) is 2. The number of rotatable bonds is 4. The maximum atomic E-state index is 10.7. The van der Waals surface area contributed by atoms with Crippen molar-refractivity contribution >= 4 is 11.8 Å². The molecular weight excluding hydrogens is 274 g/mol. The largest absolute Gasteiger partial charge is 0.486 e. The summed E-state index contributed by atoms with van der Waals surface area (Å²) < 4.78 is 11.0. The highest BCUT2D eigenvalue weighted by molar-refractivity contribution is 5.84. The molecule has 2 aromatic rings. The van der Waals surface area contributed by atoms with Crippen LogP contribution in [-0.4, -0.2) is 34.3 Å². The Hall–Kier alpha value is -2.83. The summed E-state index contributed by atoms with van der Waals surface area (Å²) >= 11 is 0. The van der Waals surface area contributed by atoms with Crippen molar-refractivity contribution in [2.75, 3.05) is 18.5 Å². The van der Waals surface area contributed by atoms with Gasteiger partial charge in [-0.2, -0.15) is 0 Å². The smallest absolute Gasteiger partial charge is 0.356 e. The third-order valence-electron chi connectivity index (χ3n) is 2.95. The van der Waals surface area contributed by atoms with Crippen molar-refractivity contribution in [2.45, 2.75) is 6.54 Å². The number of aromatic nitrogens is 2. The second kappa shape index (κ2) is 5.66. The average molecular weight is 287 g/mol. The van der Waals surface area contributed by atoms with Crippen LogP contribution in [0.3, 0.4) is 0 Å². The van der Waals surface area contributed by atoms with E-state index in [0.29, 0.717) is 25.6 Å². The van der Waals surface area contributed by atoms with Crippen molar-refractivity contribution in [1.82, 2.24) is 9.97 Å². The summed E-state index contributed by atoms with van der Waals surface area (Å²) in [6.07, 6.45) is 2.61. The molecule has 1 aromatic carbocycles. The minimum absolute atomic E-state index is 0.0834. The molecule has 1 aromatic heterocycles. The molecule has 0 saturated heterocycles. The van der Waals surface area contributed by atoms with Crippen LogP contribution in [0.1, 0.15) is 16.1 Å². The molecule has 0 fully saturated rings. The van der Waals surface area contributed by atoms with Gasteiger partial charge in [0, 0.05) is 6.54 Å². The predicted molar refractivity (Wildman–Crippen MR) is 73.8 cm³/mol. The maximum Gasteiger partial charge on any atom is 0.356 e. The van der Waals surface area contributed by atoms with Crippen LogP contribution >= 0.6 is 0 Å². The molecule has 1 aliphatic heterocycles. The molecule has 0 atom stereocenters. The lowest BCUT2D eigenvalue weighted by atomic mass is 10.2. The molecule has 2 heterocycles. The molecule has 2 N–H and O–H groups in total. The zero-order valence-corrected chi connectivity index (χ0v) is 11.1. The fraction of sp³-hybridized carbons (Fsp3) is 0.214. The van der Waals surface area contributed by atoms with Crippen LogP contribution in [-0.2, 0) is 6.54 Å². The van der Waals surface area contributed by atoms with E-state index in [-0.39, 0.29) is 5.69 Å². The molecule has 3 rings (SSSR count). The Bertz CT molecular complexity index is 658. The van der Waals surface area contributed by atoms with E-state index < -0.39 is 5.97 Å². The Morgan fingerprint density at radius 2 is 2.00 bits per heavy atom. The molecule has 108 valence electrons. The summed E-state index contributed by atoms with van der Waals surface area (Å²) in [5, 5.41) is 11.8. The third-order valence-corrected chi connectivity index (χ3v) is 2.95. The second-order valence-electron chi connectivity index (χ2n) is 4.42. The fourth-order valence-corrected chi connectivity index (χ4v) is 1.92. The standard InChI is InChI=1S/C14H13N3O4/c18-14(19)10-7-17-13(8-15-10)16-6-9-1-2-11-12(5-9)21-4-3-20-11/h1-2,5,7-8H,3-4,6H2,(H,16,17)(H,18,19). The van der Waals surface area contributed by atoms with Gasteiger partial charge >= 0.3 is 5.97 Å². The molecule has 21 heavy (non-hydrogen) atoms. The monoisotopic (exact) mass is 287 g/mol. The molecule has 7 heteroatoms. The van der Waals surface area contributed by atoms with Gasteiger partial charge in [0.25, 0.3) is 0 Å². The number of ether oxygens (including phenoxy) is 2. The number of carboxylic acid groups (broad SMARTS) is 1. The highest BCUT2D eigenvalue weighted by Crippen LogP contribution is 2.30. The van der Waals surface area contributed by atoms with Crippen molar-refractivity contribution in [1.29, 1.82) is 0 Å². The molecule has 1 aliphatic rings. The summed E-state index contributed by atoms with van der Waals surface area (Å²) in [5.74, 6) is 0.888. The number of carboxylic acids is 1. The van der Waals surface area contributed by atoms with E-state index in [1.165, 1.54) is 12.4 Å². The van der Waals surface area contributed by atoms with Gasteiger partial charge in [-0.05, 0) is 17.7 Å². The Balaban J connectivity index is 1.65. The quantitative estimate of drug-likeness (QED) is 0.881. The average Bonchev–Trinajstić information content (AvgIpc) is 2.53. The van der Waals surface area contributed by atoms with E-state index in [4.69, 9.17) is 14.6 Å². The van der Waals surface area contributed by atoms with Gasteiger partial charge in [-0.15, -0.1) is 0 Å². The first-order chi connectivity index (χ1) is 10.2. The van der Waals surface area contributed by atoms with Crippen LogP contribution in [0.4, 0.5) is 5.82 Å². The minimum Gasteiger partial charge on any atom is -0.486 e. The molecule has 0 unspecified atom stereocenters.